The van der Waals surface area contributed by atoms with Crippen LogP contribution in [-0.2, 0) is 0 Å². The highest BCUT2D eigenvalue weighted by atomic mass is 16.1. The monoisotopic (exact) mass is 229 g/mol. The molecule has 2 aromatic rings. The third-order valence-electron chi connectivity index (χ3n) is 2.68. The molecule has 17 heavy (non-hydrogen) atoms. The summed E-state index contributed by atoms with van der Waals surface area (Å²) in [6.07, 6.45) is 0. The summed E-state index contributed by atoms with van der Waals surface area (Å²) in [4.78, 5) is 10.9. The summed E-state index contributed by atoms with van der Waals surface area (Å²) in [5.41, 5.74) is 9.28. The van der Waals surface area contributed by atoms with E-state index in [1.54, 1.807) is 6.07 Å². The number of nitrogens with zero attached hydrogens (tertiary/aromatic N) is 1. The number of hydrogen-bond acceptors (Lipinski definition) is 3. The Bertz CT molecular complexity index is 567. The molecule has 0 aliphatic rings. The zero-order chi connectivity index (χ0) is 12.4. The molecule has 1 aromatic heterocycles. The van der Waals surface area contributed by atoms with Crippen LogP contribution in [0.2, 0.25) is 0 Å². The zero-order valence-electron chi connectivity index (χ0n) is 9.90. The lowest BCUT2D eigenvalue weighted by molar-refractivity contribution is 0.870. The topological polar surface area (TPSA) is 71.8 Å². The maximum absolute atomic E-state index is 10.9. The van der Waals surface area contributed by atoms with Gasteiger partial charge >= 0.3 is 0 Å². The van der Waals surface area contributed by atoms with Gasteiger partial charge in [0.05, 0.1) is 5.69 Å². The molecule has 0 aliphatic carbocycles. The molecule has 1 heterocycles. The molecular formula is C13H15N3O. The Labute approximate surface area is 99.5 Å². The van der Waals surface area contributed by atoms with Crippen molar-refractivity contribution < 1.29 is 0 Å². The number of rotatable bonds is 2. The molecule has 0 amide bonds. The first-order chi connectivity index (χ1) is 8.08. The molecule has 3 N–H and O–H groups in total. The number of H-pyrrole nitrogens is 1. The standard InChI is InChI=1S/C13H15N3O/c1-8(2)10-4-3-9(7-11(10)14)12-5-6-13(17)16-15-12/h3-8H,14H2,1-2H3,(H,16,17). The van der Waals surface area contributed by atoms with Crippen LogP contribution < -0.4 is 11.3 Å². The number of nitrogens with one attached hydrogen (secondary N) is 1. The van der Waals surface area contributed by atoms with Crippen LogP contribution >= 0.6 is 0 Å². The van der Waals surface area contributed by atoms with Gasteiger partial charge in [0.1, 0.15) is 0 Å². The summed E-state index contributed by atoms with van der Waals surface area (Å²) >= 11 is 0. The normalized spacial score (nSPS) is 10.8. The predicted octanol–water partition coefficient (Wildman–Crippen LogP) is 2.14. The fourth-order valence-corrected chi connectivity index (χ4v) is 1.77. The fraction of sp³-hybridized carbons (Fsp3) is 0.231. The Morgan fingerprint density at radius 1 is 1.24 bits per heavy atom. The first kappa shape index (κ1) is 11.4. The van der Waals surface area contributed by atoms with Gasteiger partial charge in [-0.1, -0.05) is 26.0 Å². The van der Waals surface area contributed by atoms with E-state index in [2.05, 4.69) is 24.0 Å². The highest BCUT2D eigenvalue weighted by molar-refractivity contribution is 5.66. The summed E-state index contributed by atoms with van der Waals surface area (Å²) < 4.78 is 0. The third kappa shape index (κ3) is 2.36. The number of aromatic amines is 1. The Kier molecular flexibility index (Phi) is 2.95. The molecule has 0 atom stereocenters. The minimum Gasteiger partial charge on any atom is -0.398 e. The summed E-state index contributed by atoms with van der Waals surface area (Å²) in [6, 6.07) is 8.99. The molecule has 0 bridgehead atoms. The summed E-state index contributed by atoms with van der Waals surface area (Å²) in [6.45, 7) is 4.20. The van der Waals surface area contributed by atoms with E-state index in [0.29, 0.717) is 11.6 Å². The molecule has 1 aromatic carbocycles. The molecule has 88 valence electrons. The number of anilines is 1. The van der Waals surface area contributed by atoms with Gasteiger partial charge in [-0.15, -0.1) is 0 Å². The smallest absolute Gasteiger partial charge is 0.264 e. The fourth-order valence-electron chi connectivity index (χ4n) is 1.77. The van der Waals surface area contributed by atoms with Crippen LogP contribution in [0.1, 0.15) is 25.3 Å². The van der Waals surface area contributed by atoms with Gasteiger partial charge in [-0.05, 0) is 23.6 Å². The Balaban J connectivity index is 2.44. The molecule has 0 saturated carbocycles. The van der Waals surface area contributed by atoms with Gasteiger partial charge in [-0.25, -0.2) is 5.10 Å². The molecule has 0 saturated heterocycles. The molecule has 0 spiro atoms. The van der Waals surface area contributed by atoms with Gasteiger partial charge < -0.3 is 5.73 Å². The Morgan fingerprint density at radius 2 is 2.00 bits per heavy atom. The second-order valence-electron chi connectivity index (χ2n) is 4.30. The van der Waals surface area contributed by atoms with Gasteiger partial charge in [-0.3, -0.25) is 4.79 Å². The second-order valence-corrected chi connectivity index (χ2v) is 4.30. The molecule has 0 unspecified atom stereocenters. The highest BCUT2D eigenvalue weighted by Crippen LogP contribution is 2.26. The van der Waals surface area contributed by atoms with Crippen LogP contribution in [-0.4, -0.2) is 10.2 Å². The average molecular weight is 229 g/mol. The maximum atomic E-state index is 10.9. The van der Waals surface area contributed by atoms with Crippen molar-refractivity contribution in [1.29, 1.82) is 0 Å². The minimum absolute atomic E-state index is 0.208. The van der Waals surface area contributed by atoms with Gasteiger partial charge in [0.25, 0.3) is 5.56 Å². The molecule has 4 nitrogen and oxygen atoms in total. The van der Waals surface area contributed by atoms with E-state index >= 15 is 0 Å². The summed E-state index contributed by atoms with van der Waals surface area (Å²) in [5, 5.41) is 6.38. The van der Waals surface area contributed by atoms with E-state index in [1.165, 1.54) is 6.07 Å². The van der Waals surface area contributed by atoms with Crippen molar-refractivity contribution in [1.82, 2.24) is 10.2 Å². The van der Waals surface area contributed by atoms with Crippen LogP contribution in [0.15, 0.2) is 35.1 Å². The van der Waals surface area contributed by atoms with E-state index in [4.69, 9.17) is 5.73 Å². The zero-order valence-corrected chi connectivity index (χ0v) is 9.90. The number of benzene rings is 1. The molecule has 0 fully saturated rings. The number of nitrogen functional groups attached to an aromatic ring is 1. The second kappa shape index (κ2) is 4.41. The van der Waals surface area contributed by atoms with Gasteiger partial charge in [-0.2, -0.15) is 5.10 Å². The van der Waals surface area contributed by atoms with E-state index in [1.807, 2.05) is 18.2 Å². The lowest BCUT2D eigenvalue weighted by Gasteiger charge is -2.10. The van der Waals surface area contributed by atoms with Crippen molar-refractivity contribution in [3.05, 3.63) is 46.2 Å². The first-order valence-electron chi connectivity index (χ1n) is 5.53. The van der Waals surface area contributed by atoms with E-state index < -0.39 is 0 Å². The van der Waals surface area contributed by atoms with Crippen molar-refractivity contribution in [3.8, 4) is 11.3 Å². The summed E-state index contributed by atoms with van der Waals surface area (Å²) in [5.74, 6) is 0.396. The average Bonchev–Trinajstić information content (AvgIpc) is 2.29. The minimum atomic E-state index is -0.208. The van der Waals surface area contributed by atoms with Crippen LogP contribution in [0.3, 0.4) is 0 Å². The number of nitrogens with two attached hydrogens (primary N) is 1. The molecule has 0 radical (unpaired) electrons. The molecule has 4 heteroatoms. The van der Waals surface area contributed by atoms with Crippen LogP contribution in [0, 0.1) is 0 Å². The van der Waals surface area contributed by atoms with Crippen molar-refractivity contribution in [2.45, 2.75) is 19.8 Å². The third-order valence-corrected chi connectivity index (χ3v) is 2.68. The van der Waals surface area contributed by atoms with Crippen molar-refractivity contribution in [2.24, 2.45) is 0 Å². The predicted molar refractivity (Wildman–Crippen MR) is 68.8 cm³/mol. The first-order valence-corrected chi connectivity index (χ1v) is 5.53. The van der Waals surface area contributed by atoms with Crippen LogP contribution in [0.4, 0.5) is 5.69 Å². The van der Waals surface area contributed by atoms with Gasteiger partial charge in [0.2, 0.25) is 0 Å². The lowest BCUT2D eigenvalue weighted by Crippen LogP contribution is -2.05. The number of hydrogen-bond donors (Lipinski definition) is 2. The van der Waals surface area contributed by atoms with Crippen molar-refractivity contribution in [2.75, 3.05) is 5.73 Å². The van der Waals surface area contributed by atoms with E-state index in [-0.39, 0.29) is 5.56 Å². The van der Waals surface area contributed by atoms with Crippen LogP contribution in [0.5, 0.6) is 0 Å². The van der Waals surface area contributed by atoms with Crippen molar-refractivity contribution in [3.63, 3.8) is 0 Å². The van der Waals surface area contributed by atoms with Crippen molar-refractivity contribution >= 4 is 5.69 Å². The van der Waals surface area contributed by atoms with E-state index in [9.17, 15) is 4.79 Å². The van der Waals surface area contributed by atoms with Crippen LogP contribution in [0.25, 0.3) is 11.3 Å². The van der Waals surface area contributed by atoms with E-state index in [0.717, 1.165) is 16.8 Å². The summed E-state index contributed by atoms with van der Waals surface area (Å²) in [7, 11) is 0. The SMILES string of the molecule is CC(C)c1ccc(-c2ccc(=O)[nH]n2)cc1N. The Morgan fingerprint density at radius 3 is 2.53 bits per heavy atom. The Hall–Kier alpha value is -2.10. The lowest BCUT2D eigenvalue weighted by atomic mass is 9.98. The molecule has 0 aliphatic heterocycles. The molecule has 2 rings (SSSR count). The largest absolute Gasteiger partial charge is 0.398 e. The highest BCUT2D eigenvalue weighted by Gasteiger charge is 2.06. The molecular weight excluding hydrogens is 214 g/mol. The maximum Gasteiger partial charge on any atom is 0.264 e. The number of aromatic nitrogens is 2. The van der Waals surface area contributed by atoms with Gasteiger partial charge in [0, 0.05) is 17.3 Å². The van der Waals surface area contributed by atoms with Gasteiger partial charge in [0.15, 0.2) is 0 Å². The quantitative estimate of drug-likeness (QED) is 0.775.